The van der Waals surface area contributed by atoms with Crippen LogP contribution in [0, 0.1) is 0 Å². The quantitative estimate of drug-likeness (QED) is 0.160. The minimum absolute atomic E-state index is 0.557. The highest BCUT2D eigenvalue weighted by atomic mass is 16.3. The molecule has 9 aromatic carbocycles. The number of hydrogen-bond acceptors (Lipinski definition) is 7. The first kappa shape index (κ1) is 34.3. The Balaban J connectivity index is 1.00. The summed E-state index contributed by atoms with van der Waals surface area (Å²) in [5.41, 5.74) is 8.72. The van der Waals surface area contributed by atoms with Crippen molar-refractivity contribution in [3.63, 3.8) is 0 Å². The third-order valence-electron chi connectivity index (χ3n) is 11.9. The van der Waals surface area contributed by atoms with Gasteiger partial charge >= 0.3 is 0 Å². The molecular formula is C55H31N5O2. The lowest BCUT2D eigenvalue weighted by Crippen LogP contribution is -2.00. The molecule has 0 saturated carbocycles. The van der Waals surface area contributed by atoms with Crippen LogP contribution in [0.5, 0.6) is 0 Å². The summed E-state index contributed by atoms with van der Waals surface area (Å²) in [6, 6.07) is 64.1. The molecule has 7 heteroatoms. The van der Waals surface area contributed by atoms with Crippen molar-refractivity contribution in [2.24, 2.45) is 0 Å². The Morgan fingerprint density at radius 2 is 0.823 bits per heavy atom. The van der Waals surface area contributed by atoms with Gasteiger partial charge in [0.1, 0.15) is 28.0 Å². The van der Waals surface area contributed by atoms with Crippen LogP contribution in [0.3, 0.4) is 0 Å². The Morgan fingerprint density at radius 1 is 0.290 bits per heavy atom. The molecule has 0 amide bonds. The van der Waals surface area contributed by atoms with Crippen molar-refractivity contribution >= 4 is 76.3 Å². The highest BCUT2D eigenvalue weighted by molar-refractivity contribution is 6.25. The van der Waals surface area contributed by atoms with Gasteiger partial charge in [-0.05, 0) is 68.7 Å². The Bertz CT molecular complexity index is 3900. The van der Waals surface area contributed by atoms with E-state index in [0.717, 1.165) is 66.0 Å². The minimum Gasteiger partial charge on any atom is -0.456 e. The van der Waals surface area contributed by atoms with Crippen molar-refractivity contribution in [1.82, 2.24) is 24.9 Å². The van der Waals surface area contributed by atoms with Gasteiger partial charge in [-0.25, -0.2) is 24.9 Å². The number of aromatic nitrogens is 5. The molecule has 7 nitrogen and oxygen atoms in total. The maximum atomic E-state index is 6.67. The second-order valence-corrected chi connectivity index (χ2v) is 15.6. The van der Waals surface area contributed by atoms with Crippen LogP contribution in [0.2, 0.25) is 0 Å². The summed E-state index contributed by atoms with van der Waals surface area (Å²) < 4.78 is 13.1. The molecule has 0 aliphatic rings. The van der Waals surface area contributed by atoms with Gasteiger partial charge in [-0.2, -0.15) is 0 Å². The molecule has 0 aliphatic carbocycles. The van der Waals surface area contributed by atoms with Gasteiger partial charge in [0.2, 0.25) is 0 Å². The Morgan fingerprint density at radius 3 is 1.53 bits per heavy atom. The summed E-state index contributed by atoms with van der Waals surface area (Å²) in [5.74, 6) is 2.36. The zero-order chi connectivity index (χ0) is 40.7. The normalized spacial score (nSPS) is 11.9. The highest BCUT2D eigenvalue weighted by Crippen LogP contribution is 2.42. The van der Waals surface area contributed by atoms with Crippen LogP contribution in [0.15, 0.2) is 197 Å². The molecule has 4 heterocycles. The van der Waals surface area contributed by atoms with Gasteiger partial charge in [-0.15, -0.1) is 0 Å². The highest BCUT2D eigenvalue weighted by Gasteiger charge is 2.22. The molecule has 0 radical (unpaired) electrons. The summed E-state index contributed by atoms with van der Waals surface area (Å²) in [6.07, 6.45) is 0. The third kappa shape index (κ3) is 5.35. The summed E-state index contributed by atoms with van der Waals surface area (Å²) in [5, 5.41) is 9.99. The van der Waals surface area contributed by atoms with Crippen molar-refractivity contribution in [3.05, 3.63) is 188 Å². The molecule has 0 unspecified atom stereocenters. The lowest BCUT2D eigenvalue weighted by atomic mass is 9.93. The fourth-order valence-corrected chi connectivity index (χ4v) is 9.05. The first-order valence-corrected chi connectivity index (χ1v) is 20.6. The standard InChI is InChI=1S/C55H31N5O2/c1-3-14-32(15-4-1)52-56-49(51-50(57-52)42-22-11-12-24-45(42)62-51)34-26-29-41-47(31-34)61-46-25-13-23-43(48(41)46)55-59-53(33-16-5-2-6-17-33)58-54(60-55)35-27-28-40-38-20-8-7-18-36(38)37-19-9-10-21-39(37)44(40)30-35/h1-31H. The van der Waals surface area contributed by atoms with Crippen LogP contribution in [0.1, 0.15) is 0 Å². The fourth-order valence-electron chi connectivity index (χ4n) is 9.05. The van der Waals surface area contributed by atoms with Crippen LogP contribution >= 0.6 is 0 Å². The molecule has 0 N–H and O–H groups in total. The lowest BCUT2D eigenvalue weighted by Gasteiger charge is -2.13. The van der Waals surface area contributed by atoms with E-state index in [0.29, 0.717) is 40.2 Å². The van der Waals surface area contributed by atoms with Gasteiger partial charge < -0.3 is 8.83 Å². The van der Waals surface area contributed by atoms with Crippen molar-refractivity contribution in [3.8, 4) is 56.8 Å². The Hall–Kier alpha value is -8.55. The van der Waals surface area contributed by atoms with E-state index in [4.69, 9.17) is 33.8 Å². The minimum atomic E-state index is 0.557. The molecule has 13 aromatic rings. The zero-order valence-electron chi connectivity index (χ0n) is 33.0. The van der Waals surface area contributed by atoms with Crippen molar-refractivity contribution in [2.75, 3.05) is 0 Å². The summed E-state index contributed by atoms with van der Waals surface area (Å²) in [7, 11) is 0. The first-order valence-electron chi connectivity index (χ1n) is 20.6. The molecular weight excluding hydrogens is 763 g/mol. The summed E-state index contributed by atoms with van der Waals surface area (Å²) >= 11 is 0. The van der Waals surface area contributed by atoms with E-state index in [2.05, 4.69) is 84.9 Å². The topological polar surface area (TPSA) is 90.7 Å². The first-order chi connectivity index (χ1) is 30.7. The van der Waals surface area contributed by atoms with Crippen molar-refractivity contribution < 1.29 is 8.83 Å². The van der Waals surface area contributed by atoms with Gasteiger partial charge in [0.15, 0.2) is 28.9 Å². The number of para-hydroxylation sites is 1. The van der Waals surface area contributed by atoms with Crippen molar-refractivity contribution in [2.45, 2.75) is 0 Å². The second-order valence-electron chi connectivity index (χ2n) is 15.6. The summed E-state index contributed by atoms with van der Waals surface area (Å²) in [4.78, 5) is 25.7. The van der Waals surface area contributed by atoms with Crippen LogP contribution in [0.4, 0.5) is 0 Å². The monoisotopic (exact) mass is 793 g/mol. The van der Waals surface area contributed by atoms with E-state index >= 15 is 0 Å². The smallest absolute Gasteiger partial charge is 0.180 e. The molecule has 0 bridgehead atoms. The average Bonchev–Trinajstić information content (AvgIpc) is 3.92. The van der Waals surface area contributed by atoms with E-state index in [-0.39, 0.29) is 0 Å². The maximum Gasteiger partial charge on any atom is 0.180 e. The molecule has 13 rings (SSSR count). The second kappa shape index (κ2) is 13.5. The number of fused-ring (bicyclic) bond motifs is 12. The molecule has 0 fully saturated rings. The molecule has 288 valence electrons. The van der Waals surface area contributed by atoms with E-state index in [1.165, 1.54) is 26.9 Å². The molecule has 0 saturated heterocycles. The van der Waals surface area contributed by atoms with Gasteiger partial charge in [0.05, 0.1) is 0 Å². The Labute approximate surface area is 353 Å². The number of hydrogen-bond donors (Lipinski definition) is 0. The van der Waals surface area contributed by atoms with Crippen LogP contribution < -0.4 is 0 Å². The molecule has 62 heavy (non-hydrogen) atoms. The SMILES string of the molecule is c1ccc(-c2nc(-c3ccc4c5ccccc5c5ccccc5c4c3)nc(-c3cccc4oc5cc(-c6nc(-c7ccccc7)nc7c6oc6ccccc67)ccc5c34)n2)cc1. The van der Waals surface area contributed by atoms with E-state index in [1.54, 1.807) is 0 Å². The number of rotatable bonds is 5. The van der Waals surface area contributed by atoms with E-state index < -0.39 is 0 Å². The van der Waals surface area contributed by atoms with Gasteiger partial charge in [0, 0.05) is 44.0 Å². The average molecular weight is 794 g/mol. The number of furan rings is 2. The van der Waals surface area contributed by atoms with Crippen LogP contribution in [-0.2, 0) is 0 Å². The maximum absolute atomic E-state index is 6.67. The van der Waals surface area contributed by atoms with Crippen LogP contribution in [-0.4, -0.2) is 24.9 Å². The fraction of sp³-hybridized carbons (Fsp3) is 0. The van der Waals surface area contributed by atoms with Gasteiger partial charge in [0.25, 0.3) is 0 Å². The third-order valence-corrected chi connectivity index (χ3v) is 11.9. The van der Waals surface area contributed by atoms with E-state index in [9.17, 15) is 0 Å². The van der Waals surface area contributed by atoms with Crippen LogP contribution in [0.25, 0.3) is 133 Å². The predicted molar refractivity (Wildman–Crippen MR) is 250 cm³/mol. The summed E-state index contributed by atoms with van der Waals surface area (Å²) in [6.45, 7) is 0. The number of nitrogens with zero attached hydrogens (tertiary/aromatic N) is 5. The van der Waals surface area contributed by atoms with Crippen molar-refractivity contribution in [1.29, 1.82) is 0 Å². The zero-order valence-corrected chi connectivity index (χ0v) is 33.0. The molecule has 4 aromatic heterocycles. The number of benzene rings is 9. The lowest BCUT2D eigenvalue weighted by molar-refractivity contribution is 0.666. The molecule has 0 aliphatic heterocycles. The van der Waals surface area contributed by atoms with Gasteiger partial charge in [-0.3, -0.25) is 0 Å². The predicted octanol–water partition coefficient (Wildman–Crippen LogP) is 14.3. The largest absolute Gasteiger partial charge is 0.456 e. The van der Waals surface area contributed by atoms with E-state index in [1.807, 2.05) is 103 Å². The van der Waals surface area contributed by atoms with Gasteiger partial charge in [-0.1, -0.05) is 152 Å². The molecule has 0 spiro atoms. The Kier molecular flexibility index (Phi) is 7.47. The molecule has 0 atom stereocenters.